The number of hydrogen-bond acceptors (Lipinski definition) is 6. The first kappa shape index (κ1) is 32.4. The molecule has 9 nitrogen and oxygen atoms in total. The predicted octanol–water partition coefficient (Wildman–Crippen LogP) is 8.38. The van der Waals surface area contributed by atoms with Crippen molar-refractivity contribution in [3.63, 3.8) is 0 Å². The molecule has 252 valence electrons. The molecule has 6 heterocycles. The van der Waals surface area contributed by atoms with Crippen LogP contribution in [-0.2, 0) is 22.7 Å². The first-order chi connectivity index (χ1) is 22.6. The SMILES string of the molecule is Cc1cnc2c(C(C)(C)CCC(C)(C)c3cc(C4CC4)n4nc(CCC(C)c5cc(C(C)(C)C)n6ncc(C)c6n5)cc4n3)cnn2c1. The Kier molecular flexibility index (Phi) is 7.76. The molecule has 1 saturated carbocycles. The summed E-state index contributed by atoms with van der Waals surface area (Å²) in [7, 11) is 0. The normalized spacial score (nSPS) is 15.3. The highest BCUT2D eigenvalue weighted by atomic mass is 15.3. The van der Waals surface area contributed by atoms with Crippen LogP contribution >= 0.6 is 0 Å². The van der Waals surface area contributed by atoms with Gasteiger partial charge in [0.1, 0.15) is 0 Å². The van der Waals surface area contributed by atoms with Gasteiger partial charge in [0.15, 0.2) is 16.9 Å². The Labute approximate surface area is 284 Å². The highest BCUT2D eigenvalue weighted by molar-refractivity contribution is 5.51. The van der Waals surface area contributed by atoms with Crippen LogP contribution in [-0.4, -0.2) is 43.8 Å². The average molecular weight is 646 g/mol. The fraction of sp³-hybridized carbons (Fsp3) is 0.538. The first-order valence-electron chi connectivity index (χ1n) is 17.7. The van der Waals surface area contributed by atoms with Crippen molar-refractivity contribution in [3.05, 3.63) is 88.1 Å². The van der Waals surface area contributed by atoms with E-state index < -0.39 is 0 Å². The van der Waals surface area contributed by atoms with Crippen LogP contribution < -0.4 is 0 Å². The van der Waals surface area contributed by atoms with E-state index in [1.807, 2.05) is 33.8 Å². The second-order valence-electron chi connectivity index (χ2n) is 16.8. The van der Waals surface area contributed by atoms with Gasteiger partial charge in [0, 0.05) is 57.7 Å². The molecule has 7 rings (SSSR count). The van der Waals surface area contributed by atoms with Gasteiger partial charge in [-0.25, -0.2) is 28.5 Å². The molecule has 0 aromatic carbocycles. The first-order valence-corrected chi connectivity index (χ1v) is 17.7. The van der Waals surface area contributed by atoms with Gasteiger partial charge in [0.2, 0.25) is 0 Å². The molecule has 1 atom stereocenters. The van der Waals surface area contributed by atoms with Crippen LogP contribution in [0.4, 0.5) is 0 Å². The third-order valence-electron chi connectivity index (χ3n) is 10.6. The number of nitrogens with zero attached hydrogens (tertiary/aromatic N) is 9. The van der Waals surface area contributed by atoms with Crippen molar-refractivity contribution in [2.45, 2.75) is 136 Å². The molecular weight excluding hydrogens is 594 g/mol. The topological polar surface area (TPSA) is 90.6 Å². The highest BCUT2D eigenvalue weighted by Crippen LogP contribution is 2.43. The van der Waals surface area contributed by atoms with Gasteiger partial charge in [0.25, 0.3) is 0 Å². The van der Waals surface area contributed by atoms with Crippen LogP contribution in [0.2, 0.25) is 0 Å². The van der Waals surface area contributed by atoms with Gasteiger partial charge in [-0.1, -0.05) is 55.4 Å². The Balaban J connectivity index is 1.11. The van der Waals surface area contributed by atoms with E-state index in [-0.39, 0.29) is 22.2 Å². The average Bonchev–Trinajstić information content (AvgIpc) is 3.47. The van der Waals surface area contributed by atoms with Gasteiger partial charge in [-0.3, -0.25) is 0 Å². The summed E-state index contributed by atoms with van der Waals surface area (Å²) in [5, 5.41) is 14.4. The van der Waals surface area contributed by atoms with E-state index in [9.17, 15) is 0 Å². The molecule has 48 heavy (non-hydrogen) atoms. The van der Waals surface area contributed by atoms with Crippen molar-refractivity contribution in [1.82, 2.24) is 43.8 Å². The van der Waals surface area contributed by atoms with Gasteiger partial charge in [-0.2, -0.15) is 15.3 Å². The van der Waals surface area contributed by atoms with Crippen LogP contribution in [0.15, 0.2) is 43.0 Å². The lowest BCUT2D eigenvalue weighted by Crippen LogP contribution is -2.26. The molecule has 0 bridgehead atoms. The quantitative estimate of drug-likeness (QED) is 0.149. The second-order valence-corrected chi connectivity index (χ2v) is 16.8. The van der Waals surface area contributed by atoms with E-state index in [0.717, 1.165) is 70.8 Å². The van der Waals surface area contributed by atoms with Crippen molar-refractivity contribution < 1.29 is 0 Å². The highest BCUT2D eigenvalue weighted by Gasteiger charge is 2.34. The number of aromatic nitrogens is 9. The molecule has 1 fully saturated rings. The van der Waals surface area contributed by atoms with Crippen molar-refractivity contribution in [2.24, 2.45) is 0 Å². The summed E-state index contributed by atoms with van der Waals surface area (Å²) in [5.74, 6) is 0.850. The summed E-state index contributed by atoms with van der Waals surface area (Å²) < 4.78 is 6.05. The standard InChI is InChI=1S/C39H51N9/c1-24-20-40-36-29(22-41-46(36)23-24)38(7,8)15-16-39(9,10)32-19-31(27-12-13-27)47-34(44-32)17-28(45-47)14-11-25(2)30-18-33(37(4,5)6)48-35(43-30)26(3)21-42-48/h17-23,25,27H,11-16H2,1-10H3. The van der Waals surface area contributed by atoms with Crippen molar-refractivity contribution >= 4 is 16.9 Å². The Morgan fingerprint density at radius 2 is 1.58 bits per heavy atom. The van der Waals surface area contributed by atoms with E-state index in [1.54, 1.807) is 0 Å². The summed E-state index contributed by atoms with van der Waals surface area (Å²) >= 11 is 0. The maximum absolute atomic E-state index is 5.27. The van der Waals surface area contributed by atoms with Gasteiger partial charge in [-0.05, 0) is 81.4 Å². The number of hydrogen-bond donors (Lipinski definition) is 0. The molecule has 6 aromatic heterocycles. The molecule has 0 amide bonds. The third kappa shape index (κ3) is 6.01. The Hall–Kier alpha value is -4.14. The van der Waals surface area contributed by atoms with E-state index >= 15 is 0 Å². The molecule has 1 unspecified atom stereocenters. The fourth-order valence-electron chi connectivity index (χ4n) is 6.91. The molecule has 0 spiro atoms. The van der Waals surface area contributed by atoms with Crippen LogP contribution in [0.5, 0.6) is 0 Å². The second kappa shape index (κ2) is 11.5. The van der Waals surface area contributed by atoms with E-state index in [0.29, 0.717) is 5.92 Å². The van der Waals surface area contributed by atoms with Gasteiger partial charge >= 0.3 is 0 Å². The van der Waals surface area contributed by atoms with E-state index in [2.05, 4.69) is 102 Å². The number of rotatable bonds is 10. The maximum Gasteiger partial charge on any atom is 0.158 e. The molecule has 9 heteroatoms. The van der Waals surface area contributed by atoms with Gasteiger partial charge in [0.05, 0.1) is 29.5 Å². The molecule has 0 radical (unpaired) electrons. The van der Waals surface area contributed by atoms with Crippen molar-refractivity contribution in [1.29, 1.82) is 0 Å². The Morgan fingerprint density at radius 3 is 2.31 bits per heavy atom. The molecule has 0 saturated heterocycles. The zero-order valence-electron chi connectivity index (χ0n) is 30.5. The lowest BCUT2D eigenvalue weighted by atomic mass is 9.74. The lowest BCUT2D eigenvalue weighted by Gasteiger charge is -2.31. The Morgan fingerprint density at radius 1 is 0.833 bits per heavy atom. The third-order valence-corrected chi connectivity index (χ3v) is 10.6. The van der Waals surface area contributed by atoms with Crippen molar-refractivity contribution in [3.8, 4) is 0 Å². The fourth-order valence-corrected chi connectivity index (χ4v) is 6.91. The minimum Gasteiger partial charge on any atom is -0.236 e. The zero-order chi connectivity index (χ0) is 34.2. The summed E-state index contributed by atoms with van der Waals surface area (Å²) in [6, 6.07) is 6.81. The summed E-state index contributed by atoms with van der Waals surface area (Å²) in [6.45, 7) is 22.5. The number of aryl methyl sites for hydroxylation is 3. The molecule has 1 aliphatic carbocycles. The minimum atomic E-state index is -0.102. The van der Waals surface area contributed by atoms with E-state index in [1.165, 1.54) is 29.8 Å². The largest absolute Gasteiger partial charge is 0.236 e. The van der Waals surface area contributed by atoms with Gasteiger partial charge < -0.3 is 0 Å². The zero-order valence-corrected chi connectivity index (χ0v) is 30.5. The van der Waals surface area contributed by atoms with Crippen LogP contribution in [0, 0.1) is 13.8 Å². The minimum absolute atomic E-state index is 0.0354. The van der Waals surface area contributed by atoms with Crippen molar-refractivity contribution in [2.75, 3.05) is 0 Å². The Bertz CT molecular complexity index is 2130. The monoisotopic (exact) mass is 645 g/mol. The van der Waals surface area contributed by atoms with Gasteiger partial charge in [-0.15, -0.1) is 0 Å². The van der Waals surface area contributed by atoms with Crippen LogP contribution in [0.25, 0.3) is 16.9 Å². The molecular formula is C39H51N9. The summed E-state index contributed by atoms with van der Waals surface area (Å²) in [4.78, 5) is 15.1. The summed E-state index contributed by atoms with van der Waals surface area (Å²) in [5.41, 5.74) is 12.0. The van der Waals surface area contributed by atoms with E-state index in [4.69, 9.17) is 20.1 Å². The smallest absolute Gasteiger partial charge is 0.158 e. The molecule has 1 aliphatic rings. The number of fused-ring (bicyclic) bond motifs is 3. The van der Waals surface area contributed by atoms with Crippen LogP contribution in [0.1, 0.15) is 144 Å². The molecule has 0 N–H and O–H groups in total. The molecule has 0 aliphatic heterocycles. The summed E-state index contributed by atoms with van der Waals surface area (Å²) in [6.07, 6.45) is 14.2. The molecule has 6 aromatic rings. The maximum atomic E-state index is 5.27. The lowest BCUT2D eigenvalue weighted by molar-refractivity contribution is 0.370. The van der Waals surface area contributed by atoms with Crippen LogP contribution in [0.3, 0.4) is 0 Å². The predicted molar refractivity (Wildman–Crippen MR) is 191 cm³/mol.